The van der Waals surface area contributed by atoms with Crippen LogP contribution in [-0.2, 0) is 35.7 Å². The molecule has 43 heavy (non-hydrogen) atoms. The van der Waals surface area contributed by atoms with Gasteiger partial charge in [-0.15, -0.1) is 35.4 Å². The standard InChI is InChI=1S/C27H25N2.C11H20O2.Ir/c1-26(2,3)19-13-10-18(11-14-19)24-23-25(29-16-28-24)21-15-12-17-8-6-7-9-20(17)22(21)27(23,4)5;1-10(2,3)8(12)7-9(13)11(4,5)6;/h6-10,12-16H,1-5H3;7,12H,1-6H3;/q-1;;/b;8-7-;. The van der Waals surface area contributed by atoms with Gasteiger partial charge in [-0.2, -0.15) is 0 Å². The van der Waals surface area contributed by atoms with Crippen LogP contribution in [0.1, 0.15) is 92.9 Å². The van der Waals surface area contributed by atoms with Gasteiger partial charge >= 0.3 is 0 Å². The SMILES string of the molecule is CC(C)(C)C(=O)/C=C(\O)C(C)(C)C.CC(C)(C)c1c[c-]c(-c2ncnc3c2C(C)(C)c2c-3ccc3ccccc23)cc1.[Ir]. The molecule has 0 saturated carbocycles. The Morgan fingerprint density at radius 3 is 2.00 bits per heavy atom. The molecule has 5 heteroatoms. The van der Waals surface area contributed by atoms with E-state index < -0.39 is 5.41 Å². The van der Waals surface area contributed by atoms with Crippen molar-refractivity contribution in [1.82, 2.24) is 9.97 Å². The number of hydrogen-bond acceptors (Lipinski definition) is 4. The third-order valence-electron chi connectivity index (χ3n) is 7.99. The van der Waals surface area contributed by atoms with Crippen LogP contribution in [0, 0.1) is 16.9 Å². The molecule has 0 aliphatic heterocycles. The number of aliphatic hydroxyl groups excluding tert-OH is 1. The van der Waals surface area contributed by atoms with Crippen molar-refractivity contribution in [3.05, 3.63) is 95.5 Å². The molecule has 3 aromatic carbocycles. The molecule has 229 valence electrons. The quantitative estimate of drug-likeness (QED) is 0.126. The van der Waals surface area contributed by atoms with Crippen LogP contribution in [0.4, 0.5) is 0 Å². The third kappa shape index (κ3) is 7.00. The van der Waals surface area contributed by atoms with E-state index in [9.17, 15) is 9.90 Å². The third-order valence-corrected chi connectivity index (χ3v) is 7.99. The molecule has 5 rings (SSSR count). The van der Waals surface area contributed by atoms with Gasteiger partial charge in [0.25, 0.3) is 0 Å². The first-order valence-corrected chi connectivity index (χ1v) is 14.7. The number of benzene rings is 3. The average molecular weight is 754 g/mol. The number of nitrogens with zero attached hydrogens (tertiary/aromatic N) is 2. The van der Waals surface area contributed by atoms with Crippen LogP contribution in [0.25, 0.3) is 33.3 Å². The number of aliphatic hydroxyl groups is 1. The maximum absolute atomic E-state index is 11.5. The minimum Gasteiger partial charge on any atom is -0.512 e. The Kier molecular flexibility index (Phi) is 9.66. The number of hydrogen-bond donors (Lipinski definition) is 1. The topological polar surface area (TPSA) is 63.1 Å². The summed E-state index contributed by atoms with van der Waals surface area (Å²) < 4.78 is 0. The van der Waals surface area contributed by atoms with E-state index >= 15 is 0 Å². The molecule has 1 radical (unpaired) electrons. The zero-order valence-corrected chi connectivity index (χ0v) is 29.8. The fraction of sp³-hybridized carbons (Fsp3) is 0.395. The van der Waals surface area contributed by atoms with Crippen molar-refractivity contribution in [3.8, 4) is 22.5 Å². The molecule has 1 N–H and O–H groups in total. The maximum atomic E-state index is 11.5. The number of aromatic nitrogens is 2. The molecule has 1 heterocycles. The monoisotopic (exact) mass is 754 g/mol. The smallest absolute Gasteiger partial charge is 0.164 e. The number of carbonyl (C=O) groups is 1. The minimum absolute atomic E-state index is 0. The molecule has 1 aliphatic carbocycles. The molecule has 0 spiro atoms. The summed E-state index contributed by atoms with van der Waals surface area (Å²) in [7, 11) is 0. The summed E-state index contributed by atoms with van der Waals surface area (Å²) in [5.41, 5.74) is 7.27. The zero-order chi connectivity index (χ0) is 31.3. The molecule has 1 aromatic heterocycles. The first-order chi connectivity index (χ1) is 19.3. The van der Waals surface area contributed by atoms with Gasteiger partial charge in [0.15, 0.2) is 5.78 Å². The van der Waals surface area contributed by atoms with Gasteiger partial charge in [0.05, 0.1) is 5.69 Å². The summed E-state index contributed by atoms with van der Waals surface area (Å²) >= 11 is 0. The Morgan fingerprint density at radius 1 is 0.814 bits per heavy atom. The van der Waals surface area contributed by atoms with Gasteiger partial charge in [-0.1, -0.05) is 113 Å². The number of ketones is 1. The van der Waals surface area contributed by atoms with E-state index in [2.05, 4.69) is 95.3 Å². The van der Waals surface area contributed by atoms with Crippen LogP contribution in [0.2, 0.25) is 0 Å². The van der Waals surface area contributed by atoms with Crippen molar-refractivity contribution in [2.45, 2.75) is 87.0 Å². The van der Waals surface area contributed by atoms with Crippen LogP contribution in [0.5, 0.6) is 0 Å². The maximum Gasteiger partial charge on any atom is 0.164 e. The van der Waals surface area contributed by atoms with Crippen LogP contribution < -0.4 is 0 Å². The van der Waals surface area contributed by atoms with Crippen molar-refractivity contribution in [2.75, 3.05) is 0 Å². The summed E-state index contributed by atoms with van der Waals surface area (Å²) in [5.74, 6) is 0.104. The summed E-state index contributed by atoms with van der Waals surface area (Å²) in [6, 6.07) is 23.0. The second-order valence-corrected chi connectivity index (χ2v) is 14.9. The van der Waals surface area contributed by atoms with E-state index in [1.54, 1.807) is 6.33 Å². The number of fused-ring (bicyclic) bond motifs is 5. The van der Waals surface area contributed by atoms with Gasteiger partial charge in [0.2, 0.25) is 0 Å². The van der Waals surface area contributed by atoms with Crippen LogP contribution >= 0.6 is 0 Å². The Bertz CT molecular complexity index is 1660. The Labute approximate surface area is 271 Å². The first kappa shape index (κ1) is 34.4. The van der Waals surface area contributed by atoms with Crippen molar-refractivity contribution in [3.63, 3.8) is 0 Å². The van der Waals surface area contributed by atoms with Crippen LogP contribution in [0.3, 0.4) is 0 Å². The van der Waals surface area contributed by atoms with E-state index in [0.29, 0.717) is 0 Å². The van der Waals surface area contributed by atoms with Gasteiger partial charge in [-0.3, -0.25) is 9.78 Å². The van der Waals surface area contributed by atoms with E-state index in [1.807, 2.05) is 41.5 Å². The minimum atomic E-state index is -0.417. The summed E-state index contributed by atoms with van der Waals surface area (Å²) in [6.07, 6.45) is 3.03. The number of rotatable bonds is 2. The second kappa shape index (κ2) is 12.1. The van der Waals surface area contributed by atoms with E-state index in [4.69, 9.17) is 9.97 Å². The van der Waals surface area contributed by atoms with Gasteiger partial charge in [-0.05, 0) is 33.0 Å². The molecule has 0 unspecified atom stereocenters. The summed E-state index contributed by atoms with van der Waals surface area (Å²) in [6.45, 7) is 22.4. The first-order valence-electron chi connectivity index (χ1n) is 14.7. The van der Waals surface area contributed by atoms with Crippen LogP contribution in [0.15, 0.2) is 72.8 Å². The number of carbonyl (C=O) groups excluding carboxylic acids is 1. The molecule has 4 aromatic rings. The number of allylic oxidation sites excluding steroid dienone is 2. The van der Waals surface area contributed by atoms with E-state index in [1.165, 1.54) is 39.1 Å². The molecule has 0 atom stereocenters. The van der Waals surface area contributed by atoms with Crippen molar-refractivity contribution in [2.24, 2.45) is 10.8 Å². The predicted molar refractivity (Wildman–Crippen MR) is 175 cm³/mol. The van der Waals surface area contributed by atoms with Gasteiger partial charge in [0, 0.05) is 48.0 Å². The van der Waals surface area contributed by atoms with Crippen molar-refractivity contribution < 1.29 is 30.0 Å². The van der Waals surface area contributed by atoms with Gasteiger partial charge < -0.3 is 5.11 Å². The summed E-state index contributed by atoms with van der Waals surface area (Å²) in [4.78, 5) is 20.9. The molecular weight excluding hydrogens is 709 g/mol. The molecule has 0 fully saturated rings. The van der Waals surface area contributed by atoms with Gasteiger partial charge in [-0.25, -0.2) is 4.98 Å². The molecular formula is C38H45IrN2O2-. The van der Waals surface area contributed by atoms with Crippen molar-refractivity contribution >= 4 is 16.6 Å². The van der Waals surface area contributed by atoms with E-state index in [-0.39, 0.29) is 47.9 Å². The molecule has 0 saturated heterocycles. The van der Waals surface area contributed by atoms with Crippen LogP contribution in [-0.4, -0.2) is 20.9 Å². The molecule has 0 amide bonds. The average Bonchev–Trinajstić information content (AvgIpc) is 3.14. The van der Waals surface area contributed by atoms with Gasteiger partial charge in [0.1, 0.15) is 12.1 Å². The zero-order valence-electron chi connectivity index (χ0n) is 27.4. The van der Waals surface area contributed by atoms with Crippen molar-refractivity contribution in [1.29, 1.82) is 0 Å². The molecule has 4 nitrogen and oxygen atoms in total. The fourth-order valence-electron chi connectivity index (χ4n) is 5.25. The fourth-order valence-corrected chi connectivity index (χ4v) is 5.25. The Hall–Kier alpha value is -3.14. The summed E-state index contributed by atoms with van der Waals surface area (Å²) in [5, 5.41) is 12.1. The molecule has 0 bridgehead atoms. The second-order valence-electron chi connectivity index (χ2n) is 14.9. The largest absolute Gasteiger partial charge is 0.512 e. The van der Waals surface area contributed by atoms with E-state index in [0.717, 1.165) is 17.0 Å². The Morgan fingerprint density at radius 2 is 1.44 bits per heavy atom. The normalized spacial score (nSPS) is 14.3. The Balaban J connectivity index is 0.000000310. The molecule has 1 aliphatic rings. The predicted octanol–water partition coefficient (Wildman–Crippen LogP) is 9.79.